The standard InChI is InChI=1S/C27H29NO4S/c1-16(29)24-8-9-25(33-24)18-4-6-21-17(12-18)5-7-23-22(21)13-20(32-23)15-28-26(30)19-10-11-31-27(2,3)14-19/h4-9,12,19-20H,10-11,13-15H2,1-3H3,(H,28,30)/t19-,20-/m0/s1. The van der Waals surface area contributed by atoms with Crippen LogP contribution in [0.1, 0.15) is 48.8 Å². The Morgan fingerprint density at radius 3 is 2.76 bits per heavy atom. The third-order valence-corrected chi connectivity index (χ3v) is 7.86. The summed E-state index contributed by atoms with van der Waals surface area (Å²) in [7, 11) is 0. The summed E-state index contributed by atoms with van der Waals surface area (Å²) in [5, 5.41) is 5.45. The molecular formula is C27H29NO4S. The fraction of sp³-hybridized carbons (Fsp3) is 0.407. The number of hydrogen-bond donors (Lipinski definition) is 1. The summed E-state index contributed by atoms with van der Waals surface area (Å²) in [6.07, 6.45) is 2.23. The van der Waals surface area contributed by atoms with Crippen LogP contribution in [-0.4, -0.2) is 36.5 Å². The molecule has 0 saturated carbocycles. The van der Waals surface area contributed by atoms with Crippen molar-refractivity contribution < 1.29 is 19.1 Å². The van der Waals surface area contributed by atoms with E-state index in [-0.39, 0.29) is 29.3 Å². The van der Waals surface area contributed by atoms with Crippen LogP contribution in [0.3, 0.4) is 0 Å². The molecule has 1 saturated heterocycles. The Labute approximate surface area is 198 Å². The highest BCUT2D eigenvalue weighted by atomic mass is 32.1. The molecule has 2 aromatic carbocycles. The van der Waals surface area contributed by atoms with Crippen LogP contribution >= 0.6 is 11.3 Å². The lowest BCUT2D eigenvalue weighted by atomic mass is 9.88. The van der Waals surface area contributed by atoms with Gasteiger partial charge in [0.2, 0.25) is 5.91 Å². The Morgan fingerprint density at radius 2 is 2.00 bits per heavy atom. The van der Waals surface area contributed by atoms with Gasteiger partial charge in [0.05, 0.1) is 17.0 Å². The Bertz CT molecular complexity index is 1230. The first-order valence-corrected chi connectivity index (χ1v) is 12.4. The number of carbonyl (C=O) groups excluding carboxylic acids is 2. The van der Waals surface area contributed by atoms with Crippen LogP contribution in [-0.2, 0) is 16.0 Å². The van der Waals surface area contributed by atoms with E-state index in [9.17, 15) is 9.59 Å². The van der Waals surface area contributed by atoms with E-state index in [1.54, 1.807) is 6.92 Å². The average molecular weight is 464 g/mol. The number of carbonyl (C=O) groups is 2. The van der Waals surface area contributed by atoms with E-state index in [2.05, 4.69) is 29.6 Å². The molecule has 0 radical (unpaired) electrons. The predicted octanol–water partition coefficient (Wildman–Crippen LogP) is 5.40. The van der Waals surface area contributed by atoms with Crippen molar-refractivity contribution in [2.45, 2.75) is 51.7 Å². The summed E-state index contributed by atoms with van der Waals surface area (Å²) in [5.41, 5.74) is 2.07. The van der Waals surface area contributed by atoms with Gasteiger partial charge in [0.15, 0.2) is 5.78 Å². The van der Waals surface area contributed by atoms with E-state index in [1.165, 1.54) is 22.3 Å². The highest BCUT2D eigenvalue weighted by molar-refractivity contribution is 7.17. The molecule has 0 bridgehead atoms. The zero-order valence-electron chi connectivity index (χ0n) is 19.3. The maximum atomic E-state index is 12.7. The van der Waals surface area contributed by atoms with Gasteiger partial charge in [-0.2, -0.15) is 0 Å². The molecule has 5 rings (SSSR count). The SMILES string of the molecule is CC(=O)c1ccc(-c2ccc3c4c(ccc3c2)O[C@H](CNC(=O)[C@H]2CCOC(C)(C)C2)C4)s1. The van der Waals surface area contributed by atoms with E-state index < -0.39 is 0 Å². The summed E-state index contributed by atoms with van der Waals surface area (Å²) in [4.78, 5) is 26.2. The van der Waals surface area contributed by atoms with Crippen molar-refractivity contribution in [1.82, 2.24) is 5.32 Å². The number of thiophene rings is 1. The minimum absolute atomic E-state index is 0.00227. The second-order valence-electron chi connectivity index (χ2n) is 9.69. The Hall–Kier alpha value is -2.70. The van der Waals surface area contributed by atoms with Gasteiger partial charge < -0.3 is 14.8 Å². The number of ketones is 1. The molecule has 1 amide bonds. The number of rotatable bonds is 5. The van der Waals surface area contributed by atoms with Gasteiger partial charge in [-0.15, -0.1) is 11.3 Å². The van der Waals surface area contributed by atoms with Crippen molar-refractivity contribution in [3.8, 4) is 16.2 Å². The third kappa shape index (κ3) is 4.55. The fourth-order valence-electron chi connectivity index (χ4n) is 4.91. The highest BCUT2D eigenvalue weighted by Gasteiger charge is 2.33. The molecule has 1 N–H and O–H groups in total. The Morgan fingerprint density at radius 1 is 1.15 bits per heavy atom. The number of benzene rings is 2. The van der Waals surface area contributed by atoms with Crippen LogP contribution in [0.4, 0.5) is 0 Å². The minimum Gasteiger partial charge on any atom is -0.488 e. The fourth-order valence-corrected chi connectivity index (χ4v) is 5.81. The third-order valence-electron chi connectivity index (χ3n) is 6.62. The van der Waals surface area contributed by atoms with Crippen molar-refractivity contribution >= 4 is 33.8 Å². The number of hydrogen-bond acceptors (Lipinski definition) is 5. The zero-order valence-corrected chi connectivity index (χ0v) is 20.1. The van der Waals surface area contributed by atoms with Gasteiger partial charge in [0.1, 0.15) is 11.9 Å². The van der Waals surface area contributed by atoms with Gasteiger partial charge >= 0.3 is 0 Å². The van der Waals surface area contributed by atoms with E-state index in [0.29, 0.717) is 13.2 Å². The van der Waals surface area contributed by atoms with Crippen LogP contribution in [0.5, 0.6) is 5.75 Å². The minimum atomic E-state index is -0.241. The van der Waals surface area contributed by atoms with Gasteiger partial charge in [0.25, 0.3) is 0 Å². The van der Waals surface area contributed by atoms with Crippen molar-refractivity contribution in [1.29, 1.82) is 0 Å². The van der Waals surface area contributed by atoms with Crippen molar-refractivity contribution in [3.63, 3.8) is 0 Å². The number of Topliss-reactive ketones (excluding diaryl/α,β-unsaturated/α-hetero) is 1. The number of amides is 1. The lowest BCUT2D eigenvalue weighted by Crippen LogP contribution is -2.43. The average Bonchev–Trinajstić information content (AvgIpc) is 3.44. The first-order chi connectivity index (χ1) is 15.8. The molecule has 5 nitrogen and oxygen atoms in total. The molecule has 0 unspecified atom stereocenters. The monoisotopic (exact) mass is 463 g/mol. The molecule has 33 heavy (non-hydrogen) atoms. The molecule has 172 valence electrons. The Balaban J connectivity index is 1.27. The summed E-state index contributed by atoms with van der Waals surface area (Å²) in [5.74, 6) is 1.09. The van der Waals surface area contributed by atoms with Crippen molar-refractivity contribution in [2.24, 2.45) is 5.92 Å². The molecule has 1 aromatic heterocycles. The van der Waals surface area contributed by atoms with Gasteiger partial charge in [0, 0.05) is 29.4 Å². The van der Waals surface area contributed by atoms with E-state index >= 15 is 0 Å². The molecule has 1 fully saturated rings. The van der Waals surface area contributed by atoms with Crippen LogP contribution in [0.15, 0.2) is 42.5 Å². The predicted molar refractivity (Wildman–Crippen MR) is 131 cm³/mol. The molecule has 2 aliphatic heterocycles. The maximum absolute atomic E-state index is 12.7. The maximum Gasteiger partial charge on any atom is 0.223 e. The first kappa shape index (κ1) is 22.1. The van der Waals surface area contributed by atoms with Crippen LogP contribution in [0.2, 0.25) is 0 Å². The summed E-state index contributed by atoms with van der Waals surface area (Å²) < 4.78 is 11.9. The second kappa shape index (κ2) is 8.58. The quantitative estimate of drug-likeness (QED) is 0.515. The van der Waals surface area contributed by atoms with Crippen molar-refractivity contribution in [2.75, 3.05) is 13.2 Å². The molecule has 3 aromatic rings. The lowest BCUT2D eigenvalue weighted by molar-refractivity contribution is -0.135. The van der Waals surface area contributed by atoms with Gasteiger partial charge in [-0.3, -0.25) is 9.59 Å². The van der Waals surface area contributed by atoms with Crippen LogP contribution in [0.25, 0.3) is 21.2 Å². The molecular weight excluding hydrogens is 434 g/mol. The molecule has 2 aliphatic rings. The number of fused-ring (bicyclic) bond motifs is 3. The number of ether oxygens (including phenoxy) is 2. The van der Waals surface area contributed by atoms with Gasteiger partial charge in [-0.25, -0.2) is 0 Å². The zero-order chi connectivity index (χ0) is 23.2. The van der Waals surface area contributed by atoms with E-state index in [0.717, 1.165) is 45.7 Å². The summed E-state index contributed by atoms with van der Waals surface area (Å²) in [6, 6.07) is 14.4. The van der Waals surface area contributed by atoms with Crippen molar-refractivity contribution in [3.05, 3.63) is 52.9 Å². The van der Waals surface area contributed by atoms with Gasteiger partial charge in [-0.1, -0.05) is 18.2 Å². The second-order valence-corrected chi connectivity index (χ2v) is 10.8. The topological polar surface area (TPSA) is 64.6 Å². The van der Waals surface area contributed by atoms with Crippen LogP contribution < -0.4 is 10.1 Å². The Kier molecular flexibility index (Phi) is 5.75. The van der Waals surface area contributed by atoms with E-state index in [4.69, 9.17) is 9.47 Å². The number of nitrogens with one attached hydrogen (secondary N) is 1. The molecule has 2 atom stereocenters. The molecule has 3 heterocycles. The molecule has 0 spiro atoms. The first-order valence-electron chi connectivity index (χ1n) is 11.5. The van der Waals surface area contributed by atoms with Crippen LogP contribution in [0, 0.1) is 5.92 Å². The molecule has 0 aliphatic carbocycles. The van der Waals surface area contributed by atoms with E-state index in [1.807, 2.05) is 32.0 Å². The largest absolute Gasteiger partial charge is 0.488 e. The summed E-state index contributed by atoms with van der Waals surface area (Å²) >= 11 is 1.53. The summed E-state index contributed by atoms with van der Waals surface area (Å²) in [6.45, 7) is 6.82. The normalized spacial score (nSPS) is 21.4. The molecule has 6 heteroatoms. The lowest BCUT2D eigenvalue weighted by Gasteiger charge is -2.34. The highest BCUT2D eigenvalue weighted by Crippen LogP contribution is 2.38. The smallest absolute Gasteiger partial charge is 0.223 e. The van der Waals surface area contributed by atoms with Gasteiger partial charge in [-0.05, 0) is 74.2 Å².